The normalized spacial score (nSPS) is 14.3. The first-order chi connectivity index (χ1) is 18.2. The Hall–Kier alpha value is -3.45. The van der Waals surface area contributed by atoms with Crippen molar-refractivity contribution >= 4 is 22.4 Å². The maximum absolute atomic E-state index is 11.3. The van der Waals surface area contributed by atoms with Crippen LogP contribution in [0.25, 0.3) is 11.3 Å². The Morgan fingerprint density at radius 3 is 2.71 bits per heavy atom. The molecule has 0 aliphatic carbocycles. The van der Waals surface area contributed by atoms with E-state index in [2.05, 4.69) is 16.3 Å². The molecule has 200 valence electrons. The first-order valence-electron chi connectivity index (χ1n) is 12.7. The van der Waals surface area contributed by atoms with Gasteiger partial charge in [0, 0.05) is 41.7 Å². The molecule has 0 saturated carbocycles. The number of anilines is 1. The van der Waals surface area contributed by atoms with Gasteiger partial charge in [0.15, 0.2) is 5.13 Å². The summed E-state index contributed by atoms with van der Waals surface area (Å²) >= 11 is 1.55. The lowest BCUT2D eigenvalue weighted by Crippen LogP contribution is -2.42. The number of thiazole rings is 1. The maximum Gasteiger partial charge on any atom is 0.306 e. The van der Waals surface area contributed by atoms with Gasteiger partial charge < -0.3 is 25.2 Å². The van der Waals surface area contributed by atoms with E-state index in [4.69, 9.17) is 9.72 Å². The number of aliphatic hydroxyl groups is 1. The van der Waals surface area contributed by atoms with Crippen LogP contribution in [0.3, 0.4) is 0 Å². The highest BCUT2D eigenvalue weighted by molar-refractivity contribution is 7.14. The molecule has 1 aromatic heterocycles. The van der Waals surface area contributed by atoms with Crippen LogP contribution in [0.4, 0.5) is 5.13 Å². The SMILES string of the molecule is Cc1ccc(OCc2ccc(CNC(C)(C)CO)cc2C#N)c(-c2csc(N3CCC(C(=O)O)CC3)n2)c1. The Bertz CT molecular complexity index is 1320. The van der Waals surface area contributed by atoms with E-state index in [0.717, 1.165) is 33.1 Å². The quantitative estimate of drug-likeness (QED) is 0.342. The molecule has 8 nitrogen and oxygen atoms in total. The largest absolute Gasteiger partial charge is 0.488 e. The van der Waals surface area contributed by atoms with Gasteiger partial charge >= 0.3 is 5.97 Å². The Kier molecular flexibility index (Phi) is 8.67. The molecule has 1 saturated heterocycles. The molecule has 38 heavy (non-hydrogen) atoms. The molecule has 2 aromatic carbocycles. The zero-order valence-corrected chi connectivity index (χ0v) is 22.8. The number of nitrogens with zero attached hydrogens (tertiary/aromatic N) is 3. The molecular weight excluding hydrogens is 500 g/mol. The van der Waals surface area contributed by atoms with E-state index in [-0.39, 0.29) is 19.1 Å². The predicted octanol–water partition coefficient (Wildman–Crippen LogP) is 4.73. The lowest BCUT2D eigenvalue weighted by atomic mass is 9.97. The number of nitrogens with one attached hydrogen (secondary N) is 1. The van der Waals surface area contributed by atoms with Crippen LogP contribution >= 0.6 is 11.3 Å². The fraction of sp³-hybridized carbons (Fsp3) is 0.414. The van der Waals surface area contributed by atoms with Crippen LogP contribution in [0.5, 0.6) is 5.75 Å². The van der Waals surface area contributed by atoms with Gasteiger partial charge in [-0.15, -0.1) is 11.3 Å². The number of hydrogen-bond donors (Lipinski definition) is 3. The van der Waals surface area contributed by atoms with Crippen LogP contribution in [0.1, 0.15) is 48.9 Å². The van der Waals surface area contributed by atoms with Crippen LogP contribution < -0.4 is 15.0 Å². The number of aromatic nitrogens is 1. The number of nitriles is 1. The van der Waals surface area contributed by atoms with E-state index in [1.165, 1.54) is 0 Å². The second-order valence-electron chi connectivity index (χ2n) is 10.4. The van der Waals surface area contributed by atoms with Crippen molar-refractivity contribution in [2.24, 2.45) is 5.92 Å². The van der Waals surface area contributed by atoms with Gasteiger partial charge in [0.25, 0.3) is 0 Å². The molecule has 0 atom stereocenters. The highest BCUT2D eigenvalue weighted by Crippen LogP contribution is 2.36. The Balaban J connectivity index is 1.47. The smallest absolute Gasteiger partial charge is 0.306 e. The second-order valence-corrected chi connectivity index (χ2v) is 11.2. The monoisotopic (exact) mass is 534 g/mol. The van der Waals surface area contributed by atoms with Crippen molar-refractivity contribution < 1.29 is 19.7 Å². The average molecular weight is 535 g/mol. The van der Waals surface area contributed by atoms with Gasteiger partial charge in [-0.05, 0) is 57.4 Å². The number of aryl methyl sites for hydroxylation is 1. The minimum atomic E-state index is -0.720. The van der Waals surface area contributed by atoms with E-state index in [9.17, 15) is 20.3 Å². The fourth-order valence-corrected chi connectivity index (χ4v) is 5.22. The van der Waals surface area contributed by atoms with Gasteiger partial charge in [-0.1, -0.05) is 23.8 Å². The van der Waals surface area contributed by atoms with Crippen molar-refractivity contribution in [2.45, 2.75) is 52.3 Å². The topological polar surface area (TPSA) is 119 Å². The van der Waals surface area contributed by atoms with Crippen LogP contribution in [0.2, 0.25) is 0 Å². The van der Waals surface area contributed by atoms with E-state index >= 15 is 0 Å². The minimum Gasteiger partial charge on any atom is -0.488 e. The van der Waals surface area contributed by atoms with E-state index in [1.54, 1.807) is 11.3 Å². The lowest BCUT2D eigenvalue weighted by molar-refractivity contribution is -0.142. The molecule has 4 rings (SSSR count). The molecule has 2 heterocycles. The number of carbonyl (C=O) groups is 1. The fourth-order valence-electron chi connectivity index (χ4n) is 4.34. The molecule has 3 aromatic rings. The summed E-state index contributed by atoms with van der Waals surface area (Å²) in [5.74, 6) is -0.308. The molecule has 1 aliphatic heterocycles. The molecule has 0 unspecified atom stereocenters. The zero-order valence-electron chi connectivity index (χ0n) is 22.0. The third-order valence-electron chi connectivity index (χ3n) is 6.86. The van der Waals surface area contributed by atoms with Crippen LogP contribution in [0.15, 0.2) is 41.8 Å². The van der Waals surface area contributed by atoms with Crippen molar-refractivity contribution in [1.82, 2.24) is 10.3 Å². The van der Waals surface area contributed by atoms with Crippen molar-refractivity contribution in [3.63, 3.8) is 0 Å². The predicted molar refractivity (Wildman–Crippen MR) is 148 cm³/mol. The van der Waals surface area contributed by atoms with E-state index in [1.807, 2.05) is 62.5 Å². The first kappa shape index (κ1) is 27.6. The Morgan fingerprint density at radius 1 is 1.26 bits per heavy atom. The molecule has 1 fully saturated rings. The zero-order chi connectivity index (χ0) is 27.3. The average Bonchev–Trinajstić information content (AvgIpc) is 3.42. The highest BCUT2D eigenvalue weighted by Gasteiger charge is 2.26. The number of benzene rings is 2. The molecular formula is C29H34N4O4S. The van der Waals surface area contributed by atoms with Crippen LogP contribution in [-0.2, 0) is 17.9 Å². The minimum absolute atomic E-state index is 0.0205. The molecule has 0 bridgehead atoms. The van der Waals surface area contributed by atoms with Gasteiger partial charge in [0.05, 0.1) is 29.9 Å². The van der Waals surface area contributed by atoms with E-state index in [0.29, 0.717) is 43.8 Å². The number of ether oxygens (including phenoxy) is 1. The summed E-state index contributed by atoms with van der Waals surface area (Å²) in [6.07, 6.45) is 1.25. The van der Waals surface area contributed by atoms with Gasteiger partial charge in [-0.3, -0.25) is 4.79 Å². The Labute approximate surface area is 227 Å². The first-order valence-corrected chi connectivity index (χ1v) is 13.6. The molecule has 0 amide bonds. The molecule has 9 heteroatoms. The highest BCUT2D eigenvalue weighted by atomic mass is 32.1. The van der Waals surface area contributed by atoms with Gasteiger partial charge in [-0.25, -0.2) is 4.98 Å². The number of rotatable bonds is 10. The number of hydrogen-bond acceptors (Lipinski definition) is 8. The maximum atomic E-state index is 11.3. The van der Waals surface area contributed by atoms with Crippen molar-refractivity contribution in [3.8, 4) is 23.1 Å². The standard InChI is InChI=1S/C29H34N4O4S/c1-19-4-7-26(37-16-22-6-5-20(13-23(22)14-30)15-31-29(2,3)18-34)24(12-19)25-17-38-28(32-25)33-10-8-21(9-11-33)27(35)36/h4-7,12-13,17,21,31,34H,8-11,15-16,18H2,1-3H3,(H,35,36). The lowest BCUT2D eigenvalue weighted by Gasteiger charge is -2.29. The van der Waals surface area contributed by atoms with E-state index < -0.39 is 11.5 Å². The molecule has 1 aliphatic rings. The van der Waals surface area contributed by atoms with Crippen LogP contribution in [-0.4, -0.2) is 46.4 Å². The summed E-state index contributed by atoms with van der Waals surface area (Å²) < 4.78 is 6.23. The summed E-state index contributed by atoms with van der Waals surface area (Å²) in [5, 5.41) is 34.7. The van der Waals surface area contributed by atoms with Gasteiger partial charge in [0.1, 0.15) is 12.4 Å². The number of aliphatic hydroxyl groups excluding tert-OH is 1. The van der Waals surface area contributed by atoms with Gasteiger partial charge in [-0.2, -0.15) is 5.26 Å². The summed E-state index contributed by atoms with van der Waals surface area (Å²) in [6.45, 7) is 8.04. The third-order valence-corrected chi connectivity index (χ3v) is 7.76. The molecule has 0 radical (unpaired) electrons. The summed E-state index contributed by atoms with van der Waals surface area (Å²) in [6, 6.07) is 14.0. The number of piperidine rings is 1. The third kappa shape index (κ3) is 6.70. The number of aliphatic carboxylic acids is 1. The van der Waals surface area contributed by atoms with Crippen molar-refractivity contribution in [2.75, 3.05) is 24.6 Å². The summed E-state index contributed by atoms with van der Waals surface area (Å²) in [4.78, 5) is 18.3. The Morgan fingerprint density at radius 2 is 2.03 bits per heavy atom. The summed E-state index contributed by atoms with van der Waals surface area (Å²) in [5.41, 5.74) is 4.71. The number of carboxylic acid groups (broad SMARTS) is 1. The molecule has 0 spiro atoms. The number of carboxylic acids is 1. The second kappa shape index (κ2) is 11.9. The van der Waals surface area contributed by atoms with Crippen LogP contribution in [0, 0.1) is 24.2 Å². The van der Waals surface area contributed by atoms with Crippen molar-refractivity contribution in [1.29, 1.82) is 5.26 Å². The molecule has 3 N–H and O–H groups in total. The van der Waals surface area contributed by atoms with Crippen molar-refractivity contribution in [3.05, 3.63) is 64.0 Å². The summed E-state index contributed by atoms with van der Waals surface area (Å²) in [7, 11) is 0. The van der Waals surface area contributed by atoms with Gasteiger partial charge in [0.2, 0.25) is 0 Å².